The number of fused-ring (bicyclic) bond motifs is 1. The third kappa shape index (κ3) is 5.31. The summed E-state index contributed by atoms with van der Waals surface area (Å²) in [6, 6.07) is 5.70. The molecule has 1 aromatic carbocycles. The van der Waals surface area contributed by atoms with E-state index in [1.54, 1.807) is 23.1 Å². The van der Waals surface area contributed by atoms with Crippen LogP contribution in [-0.2, 0) is 0 Å². The maximum absolute atomic E-state index is 12.8. The minimum Gasteiger partial charge on any atom is -0.361 e. The monoisotopic (exact) mass is 466 g/mol. The number of thioether (sulfide) groups is 1. The quantitative estimate of drug-likeness (QED) is 0.383. The van der Waals surface area contributed by atoms with Crippen molar-refractivity contribution in [3.63, 3.8) is 0 Å². The average Bonchev–Trinajstić information content (AvgIpc) is 3.47. The maximum Gasteiger partial charge on any atom is 0.253 e. The number of amides is 1. The van der Waals surface area contributed by atoms with Crippen molar-refractivity contribution in [2.45, 2.75) is 18.2 Å². The molecule has 1 amide bonds. The first-order chi connectivity index (χ1) is 15.6. The summed E-state index contributed by atoms with van der Waals surface area (Å²) in [6.07, 6.45) is 12.0. The molecule has 2 aromatic heterocycles. The van der Waals surface area contributed by atoms with E-state index in [0.29, 0.717) is 24.0 Å². The number of nitrogens with one attached hydrogen (secondary N) is 2. The van der Waals surface area contributed by atoms with Crippen LogP contribution in [0.3, 0.4) is 0 Å². The molecule has 0 bridgehead atoms. The number of hydrogen-bond acceptors (Lipinski definition) is 8. The number of terminal acetylenes is 1. The lowest BCUT2D eigenvalue weighted by atomic mass is 10.1. The number of aromatic nitrogens is 3. The highest BCUT2D eigenvalue weighted by atomic mass is 32.2. The first-order valence-corrected chi connectivity index (χ1v) is 12.6. The molecule has 0 spiro atoms. The van der Waals surface area contributed by atoms with Gasteiger partial charge in [-0.2, -0.15) is 0 Å². The second-order valence-electron chi connectivity index (χ2n) is 7.92. The van der Waals surface area contributed by atoms with E-state index in [9.17, 15) is 4.79 Å². The normalized spacial score (nSPS) is 16.7. The van der Waals surface area contributed by atoms with Gasteiger partial charge in [0.05, 0.1) is 10.2 Å². The smallest absolute Gasteiger partial charge is 0.253 e. The van der Waals surface area contributed by atoms with E-state index in [1.165, 1.54) is 0 Å². The molecule has 9 heteroatoms. The largest absolute Gasteiger partial charge is 0.361 e. The van der Waals surface area contributed by atoms with Crippen molar-refractivity contribution in [2.24, 2.45) is 11.8 Å². The van der Waals surface area contributed by atoms with E-state index in [0.717, 1.165) is 46.3 Å². The van der Waals surface area contributed by atoms with Gasteiger partial charge in [-0.25, -0.2) is 15.0 Å². The van der Waals surface area contributed by atoms with E-state index in [-0.39, 0.29) is 11.8 Å². The Hall–Kier alpha value is -2.83. The highest BCUT2D eigenvalue weighted by molar-refractivity contribution is 7.98. The minimum absolute atomic E-state index is 0.0417. The van der Waals surface area contributed by atoms with Gasteiger partial charge in [-0.1, -0.05) is 18.3 Å². The number of rotatable bonds is 8. The van der Waals surface area contributed by atoms with Crippen LogP contribution in [0.5, 0.6) is 0 Å². The third-order valence-corrected chi connectivity index (χ3v) is 7.08. The molecule has 7 nitrogen and oxygen atoms in total. The highest BCUT2D eigenvalue weighted by Gasteiger charge is 2.26. The molecule has 1 fully saturated rings. The first-order valence-electron chi connectivity index (χ1n) is 10.6. The zero-order valence-corrected chi connectivity index (χ0v) is 19.8. The zero-order chi connectivity index (χ0) is 22.5. The van der Waals surface area contributed by atoms with Gasteiger partial charge in [-0.3, -0.25) is 4.79 Å². The number of likely N-dealkylation sites (tertiary alicyclic amines) is 1. The zero-order valence-electron chi connectivity index (χ0n) is 18.2. The number of hydrogen-bond donors (Lipinski definition) is 2. The van der Waals surface area contributed by atoms with Crippen molar-refractivity contribution >= 4 is 50.3 Å². The van der Waals surface area contributed by atoms with Crippen LogP contribution in [-0.4, -0.2) is 58.2 Å². The Morgan fingerprint density at radius 1 is 1.34 bits per heavy atom. The standard InChI is InChI=1S/C23H26N6OS2/c1-4-16-7-8-29(14-16)21(30)17-5-6-19-20(9-17)32-23(28-19)27-11-15(2)10-24-22-25-12-18(31-3)13-26-22/h1,5-6,9,12-13,15-16H,7-8,10-11,14H2,2-3H3,(H,27,28)(H,24,25,26)/t15-,16?/m0/s1. The van der Waals surface area contributed by atoms with Crippen LogP contribution in [0.2, 0.25) is 0 Å². The molecule has 1 saturated heterocycles. The number of benzene rings is 1. The molecule has 0 saturated carbocycles. The topological polar surface area (TPSA) is 83.0 Å². The van der Waals surface area contributed by atoms with Crippen LogP contribution in [0.15, 0.2) is 35.5 Å². The number of thiazole rings is 1. The van der Waals surface area contributed by atoms with Crippen molar-refractivity contribution in [2.75, 3.05) is 43.1 Å². The van der Waals surface area contributed by atoms with Gasteiger partial charge >= 0.3 is 0 Å². The van der Waals surface area contributed by atoms with Gasteiger partial charge in [0, 0.05) is 54.9 Å². The molecule has 3 aromatic rings. The number of anilines is 2. The molecule has 166 valence electrons. The van der Waals surface area contributed by atoms with Crippen LogP contribution in [0, 0.1) is 24.2 Å². The molecule has 0 aliphatic carbocycles. The van der Waals surface area contributed by atoms with Crippen molar-refractivity contribution in [3.05, 3.63) is 36.2 Å². The second-order valence-corrected chi connectivity index (χ2v) is 9.83. The minimum atomic E-state index is 0.0417. The molecule has 32 heavy (non-hydrogen) atoms. The molecule has 1 unspecified atom stereocenters. The Morgan fingerprint density at radius 2 is 2.12 bits per heavy atom. The van der Waals surface area contributed by atoms with Gasteiger partial charge in [0.2, 0.25) is 5.95 Å². The molecule has 2 atom stereocenters. The average molecular weight is 467 g/mol. The number of carbonyl (C=O) groups is 1. The van der Waals surface area contributed by atoms with E-state index in [4.69, 9.17) is 6.42 Å². The Balaban J connectivity index is 1.31. The fourth-order valence-electron chi connectivity index (χ4n) is 3.51. The lowest BCUT2D eigenvalue weighted by molar-refractivity contribution is 0.0790. The van der Waals surface area contributed by atoms with Gasteiger partial charge in [0.1, 0.15) is 0 Å². The van der Waals surface area contributed by atoms with Crippen LogP contribution in [0.1, 0.15) is 23.7 Å². The molecule has 2 N–H and O–H groups in total. The molecular weight excluding hydrogens is 440 g/mol. The van der Waals surface area contributed by atoms with E-state index < -0.39 is 0 Å². The van der Waals surface area contributed by atoms with Gasteiger partial charge in [-0.05, 0) is 36.8 Å². The van der Waals surface area contributed by atoms with Crippen LogP contribution < -0.4 is 10.6 Å². The second kappa shape index (κ2) is 10.2. The third-order valence-electron chi connectivity index (χ3n) is 5.42. The number of nitrogens with zero attached hydrogens (tertiary/aromatic N) is 4. The van der Waals surface area contributed by atoms with Gasteiger partial charge in [0.15, 0.2) is 5.13 Å². The fraction of sp³-hybridized carbons (Fsp3) is 0.391. The molecule has 1 aliphatic heterocycles. The Kier molecular flexibility index (Phi) is 7.12. The van der Waals surface area contributed by atoms with E-state index in [2.05, 4.69) is 38.4 Å². The van der Waals surface area contributed by atoms with Crippen molar-refractivity contribution in [1.82, 2.24) is 19.9 Å². The summed E-state index contributed by atoms with van der Waals surface area (Å²) in [7, 11) is 0. The van der Waals surface area contributed by atoms with Crippen LogP contribution in [0.25, 0.3) is 10.2 Å². The molecule has 3 heterocycles. The highest BCUT2D eigenvalue weighted by Crippen LogP contribution is 2.28. The Morgan fingerprint density at radius 3 is 2.84 bits per heavy atom. The summed E-state index contributed by atoms with van der Waals surface area (Å²) in [5.41, 5.74) is 1.58. The van der Waals surface area contributed by atoms with Gasteiger partial charge in [-0.15, -0.1) is 24.1 Å². The first kappa shape index (κ1) is 22.4. The summed E-state index contributed by atoms with van der Waals surface area (Å²) in [4.78, 5) is 29.0. The summed E-state index contributed by atoms with van der Waals surface area (Å²) in [5, 5.41) is 7.53. The summed E-state index contributed by atoms with van der Waals surface area (Å²) >= 11 is 3.19. The van der Waals surface area contributed by atoms with Crippen molar-refractivity contribution < 1.29 is 4.79 Å². The van der Waals surface area contributed by atoms with Crippen molar-refractivity contribution in [1.29, 1.82) is 0 Å². The number of carbonyl (C=O) groups excluding carboxylic acids is 1. The molecule has 0 radical (unpaired) electrons. The van der Waals surface area contributed by atoms with Crippen molar-refractivity contribution in [3.8, 4) is 12.3 Å². The predicted molar refractivity (Wildman–Crippen MR) is 132 cm³/mol. The summed E-state index contributed by atoms with van der Waals surface area (Å²) < 4.78 is 0.999. The Labute approximate surface area is 196 Å². The lowest BCUT2D eigenvalue weighted by Gasteiger charge is -2.15. The molecule has 4 rings (SSSR count). The van der Waals surface area contributed by atoms with Gasteiger partial charge < -0.3 is 15.5 Å². The summed E-state index contributed by atoms with van der Waals surface area (Å²) in [6.45, 7) is 5.04. The Bertz CT molecular complexity index is 1120. The summed E-state index contributed by atoms with van der Waals surface area (Å²) in [5.74, 6) is 3.95. The van der Waals surface area contributed by atoms with E-state index >= 15 is 0 Å². The predicted octanol–water partition coefficient (Wildman–Crippen LogP) is 4.06. The molecule has 1 aliphatic rings. The molecular formula is C23H26N6OS2. The fourth-order valence-corrected chi connectivity index (χ4v) is 4.74. The van der Waals surface area contributed by atoms with E-state index in [1.807, 2.05) is 41.7 Å². The van der Waals surface area contributed by atoms with Gasteiger partial charge in [0.25, 0.3) is 5.91 Å². The SMILES string of the molecule is C#CC1CCN(C(=O)c2ccc3nc(NC[C@@H](C)CNc4ncc(SC)cn4)sc3c2)C1. The van der Waals surface area contributed by atoms with Crippen LogP contribution >= 0.6 is 23.1 Å². The lowest BCUT2D eigenvalue weighted by Crippen LogP contribution is -2.28. The maximum atomic E-state index is 12.8. The van der Waals surface area contributed by atoms with Crippen LogP contribution in [0.4, 0.5) is 11.1 Å².